The molecule has 1 aliphatic carbocycles. The number of rotatable bonds is 5. The fraction of sp³-hybridized carbons (Fsp3) is 0.462. The molecule has 1 aromatic rings. The quantitative estimate of drug-likeness (QED) is 0.367. The van der Waals surface area contributed by atoms with Crippen LogP contribution in [0.25, 0.3) is 0 Å². The second-order valence-corrected chi connectivity index (χ2v) is 4.54. The van der Waals surface area contributed by atoms with Crippen LogP contribution in [0.3, 0.4) is 0 Å². The first-order chi connectivity index (χ1) is 9.19. The molecule has 102 valence electrons. The van der Waals surface area contributed by atoms with Gasteiger partial charge in [0.2, 0.25) is 0 Å². The summed E-state index contributed by atoms with van der Waals surface area (Å²) in [6.07, 6.45) is 2.36. The smallest absolute Gasteiger partial charge is 0.269 e. The summed E-state index contributed by atoms with van der Waals surface area (Å²) in [5.41, 5.74) is 0.940. The minimum atomic E-state index is -0.388. The molecule has 0 radical (unpaired) electrons. The lowest BCUT2D eigenvalue weighted by Crippen LogP contribution is -2.38. The molecule has 6 heteroatoms. The minimum absolute atomic E-state index is 0.104. The number of nitrogens with zero attached hydrogens (tertiary/aromatic N) is 2. The van der Waals surface area contributed by atoms with E-state index >= 15 is 0 Å². The van der Waals surface area contributed by atoms with E-state index in [-0.39, 0.29) is 10.6 Å². The average Bonchev–Trinajstić information content (AvgIpc) is 3.20. The highest BCUT2D eigenvalue weighted by Gasteiger charge is 2.22. The van der Waals surface area contributed by atoms with Crippen LogP contribution >= 0.6 is 0 Å². The standard InChI is InChI=1S/C13H18N4O2/c1-2-14-13(16-11-6-7-11)15-9-10-4-3-5-12(8-10)17(18)19/h3-5,8,11H,2,6-7,9H2,1H3,(H2,14,15,16). The Labute approximate surface area is 112 Å². The SMILES string of the molecule is CCNC(=NCc1cccc([N+](=O)[O-])c1)NC1CC1. The molecular weight excluding hydrogens is 244 g/mol. The van der Waals surface area contributed by atoms with Gasteiger partial charge in [0.05, 0.1) is 11.5 Å². The molecule has 2 rings (SSSR count). The predicted molar refractivity (Wildman–Crippen MR) is 74.1 cm³/mol. The van der Waals surface area contributed by atoms with E-state index in [1.165, 1.54) is 18.9 Å². The van der Waals surface area contributed by atoms with Crippen LogP contribution in [-0.2, 0) is 6.54 Å². The van der Waals surface area contributed by atoms with Gasteiger partial charge in [-0.1, -0.05) is 12.1 Å². The van der Waals surface area contributed by atoms with Crippen molar-refractivity contribution < 1.29 is 4.92 Å². The maximum absolute atomic E-state index is 10.7. The molecule has 0 aromatic heterocycles. The number of nitro groups is 1. The third kappa shape index (κ3) is 4.24. The van der Waals surface area contributed by atoms with Crippen molar-refractivity contribution in [3.8, 4) is 0 Å². The van der Waals surface area contributed by atoms with Crippen LogP contribution in [0.4, 0.5) is 5.69 Å². The molecular formula is C13H18N4O2. The summed E-state index contributed by atoms with van der Waals surface area (Å²) in [4.78, 5) is 14.7. The fourth-order valence-electron chi connectivity index (χ4n) is 1.68. The molecule has 6 nitrogen and oxygen atoms in total. The molecule has 0 atom stereocenters. The van der Waals surface area contributed by atoms with Gasteiger partial charge >= 0.3 is 0 Å². The molecule has 0 saturated heterocycles. The molecule has 19 heavy (non-hydrogen) atoms. The molecule has 0 aliphatic heterocycles. The number of aliphatic imine (C=N–C) groups is 1. The van der Waals surface area contributed by atoms with Gasteiger partial charge in [-0.25, -0.2) is 4.99 Å². The second-order valence-electron chi connectivity index (χ2n) is 4.54. The molecule has 0 unspecified atom stereocenters. The van der Waals surface area contributed by atoms with Crippen LogP contribution in [0.15, 0.2) is 29.3 Å². The predicted octanol–water partition coefficient (Wildman–Crippen LogP) is 1.81. The van der Waals surface area contributed by atoms with E-state index in [4.69, 9.17) is 0 Å². The maximum Gasteiger partial charge on any atom is 0.269 e. The molecule has 1 aliphatic rings. The van der Waals surface area contributed by atoms with Crippen molar-refractivity contribution in [2.45, 2.75) is 32.4 Å². The summed E-state index contributed by atoms with van der Waals surface area (Å²) in [6, 6.07) is 7.11. The van der Waals surface area contributed by atoms with E-state index in [0.29, 0.717) is 12.6 Å². The number of benzene rings is 1. The third-order valence-electron chi connectivity index (χ3n) is 2.80. The second kappa shape index (κ2) is 6.17. The first-order valence-corrected chi connectivity index (χ1v) is 6.47. The van der Waals surface area contributed by atoms with Crippen LogP contribution in [-0.4, -0.2) is 23.5 Å². The number of guanidine groups is 1. The van der Waals surface area contributed by atoms with Gasteiger partial charge in [0.1, 0.15) is 0 Å². The Morgan fingerprint density at radius 1 is 1.53 bits per heavy atom. The zero-order valence-electron chi connectivity index (χ0n) is 10.9. The van der Waals surface area contributed by atoms with Gasteiger partial charge in [0.15, 0.2) is 5.96 Å². The van der Waals surface area contributed by atoms with Crippen molar-refractivity contribution in [1.29, 1.82) is 0 Å². The van der Waals surface area contributed by atoms with Crippen molar-refractivity contribution >= 4 is 11.6 Å². The molecule has 2 N–H and O–H groups in total. The molecule has 0 amide bonds. The summed E-state index contributed by atoms with van der Waals surface area (Å²) < 4.78 is 0. The van der Waals surface area contributed by atoms with Gasteiger partial charge in [-0.05, 0) is 25.3 Å². The topological polar surface area (TPSA) is 79.6 Å². The third-order valence-corrected chi connectivity index (χ3v) is 2.80. The van der Waals surface area contributed by atoms with Gasteiger partial charge in [-0.15, -0.1) is 0 Å². The Morgan fingerprint density at radius 3 is 2.95 bits per heavy atom. The maximum atomic E-state index is 10.7. The Morgan fingerprint density at radius 2 is 2.32 bits per heavy atom. The van der Waals surface area contributed by atoms with Gasteiger partial charge in [-0.2, -0.15) is 0 Å². The van der Waals surface area contributed by atoms with Gasteiger partial charge in [0, 0.05) is 24.7 Å². The number of nitrogens with one attached hydrogen (secondary N) is 2. The van der Waals surface area contributed by atoms with Crippen LogP contribution in [0.2, 0.25) is 0 Å². The van der Waals surface area contributed by atoms with Gasteiger partial charge < -0.3 is 10.6 Å². The van der Waals surface area contributed by atoms with Gasteiger partial charge in [-0.3, -0.25) is 10.1 Å². The molecule has 0 spiro atoms. The Hall–Kier alpha value is -2.11. The number of non-ortho nitro benzene ring substituents is 1. The van der Waals surface area contributed by atoms with Crippen LogP contribution < -0.4 is 10.6 Å². The fourth-order valence-corrected chi connectivity index (χ4v) is 1.68. The number of hydrogen-bond donors (Lipinski definition) is 2. The van der Waals surface area contributed by atoms with Crippen LogP contribution in [0.1, 0.15) is 25.3 Å². The Kier molecular flexibility index (Phi) is 4.33. The monoisotopic (exact) mass is 262 g/mol. The minimum Gasteiger partial charge on any atom is -0.357 e. The number of hydrogen-bond acceptors (Lipinski definition) is 3. The lowest BCUT2D eigenvalue weighted by Gasteiger charge is -2.10. The highest BCUT2D eigenvalue weighted by Crippen LogP contribution is 2.18. The molecule has 1 aromatic carbocycles. The first kappa shape index (κ1) is 13.3. The van der Waals surface area contributed by atoms with Crippen molar-refractivity contribution in [2.75, 3.05) is 6.54 Å². The highest BCUT2D eigenvalue weighted by molar-refractivity contribution is 5.80. The van der Waals surface area contributed by atoms with Crippen molar-refractivity contribution in [2.24, 2.45) is 4.99 Å². The zero-order chi connectivity index (χ0) is 13.7. The summed E-state index contributed by atoms with van der Waals surface area (Å²) in [5, 5.41) is 17.2. The summed E-state index contributed by atoms with van der Waals surface area (Å²) in [5.74, 6) is 0.775. The van der Waals surface area contributed by atoms with Crippen LogP contribution in [0.5, 0.6) is 0 Å². The molecule has 0 bridgehead atoms. The normalized spacial score (nSPS) is 15.1. The summed E-state index contributed by atoms with van der Waals surface area (Å²) in [7, 11) is 0. The van der Waals surface area contributed by atoms with E-state index in [2.05, 4.69) is 15.6 Å². The van der Waals surface area contributed by atoms with E-state index in [1.54, 1.807) is 12.1 Å². The first-order valence-electron chi connectivity index (χ1n) is 6.47. The van der Waals surface area contributed by atoms with E-state index in [1.807, 2.05) is 13.0 Å². The Balaban J connectivity index is 2.01. The summed E-state index contributed by atoms with van der Waals surface area (Å²) >= 11 is 0. The van der Waals surface area contributed by atoms with Gasteiger partial charge in [0.25, 0.3) is 5.69 Å². The van der Waals surface area contributed by atoms with Crippen molar-refractivity contribution in [3.05, 3.63) is 39.9 Å². The average molecular weight is 262 g/mol. The Bertz CT molecular complexity index is 483. The number of nitro benzene ring substituents is 1. The van der Waals surface area contributed by atoms with E-state index in [0.717, 1.165) is 18.1 Å². The van der Waals surface area contributed by atoms with E-state index < -0.39 is 0 Å². The lowest BCUT2D eigenvalue weighted by atomic mass is 10.2. The molecule has 0 heterocycles. The molecule has 1 fully saturated rings. The highest BCUT2D eigenvalue weighted by atomic mass is 16.6. The van der Waals surface area contributed by atoms with Crippen LogP contribution in [0, 0.1) is 10.1 Å². The molecule has 1 saturated carbocycles. The van der Waals surface area contributed by atoms with Crippen molar-refractivity contribution in [1.82, 2.24) is 10.6 Å². The lowest BCUT2D eigenvalue weighted by molar-refractivity contribution is -0.384. The zero-order valence-corrected chi connectivity index (χ0v) is 10.9. The summed E-state index contributed by atoms with van der Waals surface area (Å²) in [6.45, 7) is 3.24. The largest absolute Gasteiger partial charge is 0.357 e. The van der Waals surface area contributed by atoms with E-state index in [9.17, 15) is 10.1 Å². The van der Waals surface area contributed by atoms with Crippen molar-refractivity contribution in [3.63, 3.8) is 0 Å².